The van der Waals surface area contributed by atoms with Crippen LogP contribution < -0.4 is 9.64 Å². The van der Waals surface area contributed by atoms with Crippen LogP contribution in [0.15, 0.2) is 54.6 Å². The van der Waals surface area contributed by atoms with Gasteiger partial charge in [0.2, 0.25) is 0 Å². The maximum atomic E-state index is 12.9. The van der Waals surface area contributed by atoms with Gasteiger partial charge in [-0.2, -0.15) is 0 Å². The minimum absolute atomic E-state index is 0.0541. The highest BCUT2D eigenvalue weighted by Gasteiger charge is 2.35. The van der Waals surface area contributed by atoms with Crippen LogP contribution in [0.25, 0.3) is 0 Å². The van der Waals surface area contributed by atoms with Crippen LogP contribution in [0.3, 0.4) is 0 Å². The summed E-state index contributed by atoms with van der Waals surface area (Å²) in [7, 11) is -1.84. The van der Waals surface area contributed by atoms with Gasteiger partial charge in [-0.25, -0.2) is 13.2 Å². The van der Waals surface area contributed by atoms with Crippen LogP contribution in [0.2, 0.25) is 0 Å². The lowest BCUT2D eigenvalue weighted by atomic mass is 10.2. The highest BCUT2D eigenvalue weighted by atomic mass is 32.2. The molecule has 1 saturated heterocycles. The highest BCUT2D eigenvalue weighted by Crippen LogP contribution is 2.25. The third kappa shape index (κ3) is 4.69. The molecule has 0 bridgehead atoms. The summed E-state index contributed by atoms with van der Waals surface area (Å²) in [6.45, 7) is -0.247. The number of esters is 1. The van der Waals surface area contributed by atoms with Crippen molar-refractivity contribution >= 4 is 27.4 Å². The number of carbonyl (C=O) groups is 2. The van der Waals surface area contributed by atoms with Gasteiger partial charge in [-0.1, -0.05) is 18.2 Å². The topological polar surface area (TPSA) is 90.0 Å². The lowest BCUT2D eigenvalue weighted by Gasteiger charge is -2.28. The zero-order valence-electron chi connectivity index (χ0n) is 15.4. The Bertz CT molecular complexity index is 940. The third-order valence-corrected chi connectivity index (χ3v) is 6.26. The fourth-order valence-corrected chi connectivity index (χ4v) is 4.85. The summed E-state index contributed by atoms with van der Waals surface area (Å²) in [5.74, 6) is -0.343. The van der Waals surface area contributed by atoms with E-state index in [1.807, 2.05) is 6.07 Å². The molecule has 148 valence electrons. The average Bonchev–Trinajstić information content (AvgIpc) is 3.06. The zero-order valence-corrected chi connectivity index (χ0v) is 16.2. The van der Waals surface area contributed by atoms with E-state index in [-0.39, 0.29) is 24.0 Å². The fourth-order valence-electron chi connectivity index (χ4n) is 3.15. The Balaban J connectivity index is 1.72. The Morgan fingerprint density at radius 2 is 1.75 bits per heavy atom. The second-order valence-electron chi connectivity index (χ2n) is 6.46. The van der Waals surface area contributed by atoms with E-state index in [0.29, 0.717) is 23.4 Å². The van der Waals surface area contributed by atoms with Gasteiger partial charge in [-0.15, -0.1) is 0 Å². The number of methoxy groups -OCH3 is 1. The number of anilines is 1. The van der Waals surface area contributed by atoms with Gasteiger partial charge in [-0.05, 0) is 42.8 Å². The van der Waals surface area contributed by atoms with Crippen LogP contribution in [0.4, 0.5) is 5.69 Å². The molecule has 0 saturated carbocycles. The quantitative estimate of drug-likeness (QED) is 0.686. The van der Waals surface area contributed by atoms with Gasteiger partial charge in [0, 0.05) is 5.69 Å². The SMILES string of the molecule is COC(=O)c1ccc(OCC(=O)N(c2ccccc2)[C@@H]2CCS(=O)(=O)C2)cc1. The summed E-state index contributed by atoms with van der Waals surface area (Å²) in [6.07, 6.45) is 0.400. The molecular weight excluding hydrogens is 382 g/mol. The van der Waals surface area contributed by atoms with E-state index in [1.54, 1.807) is 48.5 Å². The number of para-hydroxylation sites is 1. The van der Waals surface area contributed by atoms with Crippen molar-refractivity contribution in [1.82, 2.24) is 0 Å². The number of hydrogen-bond donors (Lipinski definition) is 0. The number of nitrogens with zero attached hydrogens (tertiary/aromatic N) is 1. The first kappa shape index (κ1) is 19.9. The van der Waals surface area contributed by atoms with Crippen molar-refractivity contribution < 1.29 is 27.5 Å². The molecule has 0 unspecified atom stereocenters. The van der Waals surface area contributed by atoms with E-state index in [9.17, 15) is 18.0 Å². The van der Waals surface area contributed by atoms with Gasteiger partial charge in [0.25, 0.3) is 5.91 Å². The van der Waals surface area contributed by atoms with Gasteiger partial charge in [0.1, 0.15) is 5.75 Å². The zero-order chi connectivity index (χ0) is 20.1. The number of amides is 1. The third-order valence-electron chi connectivity index (χ3n) is 4.51. The van der Waals surface area contributed by atoms with E-state index in [4.69, 9.17) is 4.74 Å². The van der Waals surface area contributed by atoms with Gasteiger partial charge >= 0.3 is 5.97 Å². The van der Waals surface area contributed by atoms with E-state index in [1.165, 1.54) is 12.0 Å². The van der Waals surface area contributed by atoms with E-state index < -0.39 is 21.8 Å². The van der Waals surface area contributed by atoms with Crippen molar-refractivity contribution in [3.05, 3.63) is 60.2 Å². The van der Waals surface area contributed by atoms with Crippen LogP contribution in [0, 0.1) is 0 Å². The monoisotopic (exact) mass is 403 g/mol. The molecule has 8 heteroatoms. The lowest BCUT2D eigenvalue weighted by molar-refractivity contribution is -0.121. The minimum atomic E-state index is -3.14. The molecule has 0 spiro atoms. The van der Waals surface area contributed by atoms with Gasteiger partial charge in [-0.3, -0.25) is 4.79 Å². The van der Waals surface area contributed by atoms with E-state index >= 15 is 0 Å². The van der Waals surface area contributed by atoms with Crippen molar-refractivity contribution in [2.45, 2.75) is 12.5 Å². The Hall–Kier alpha value is -2.87. The summed E-state index contributed by atoms with van der Waals surface area (Å²) >= 11 is 0. The fraction of sp³-hybridized carbons (Fsp3) is 0.300. The summed E-state index contributed by atoms with van der Waals surface area (Å²) in [4.78, 5) is 25.8. The standard InChI is InChI=1S/C20H21NO6S/c1-26-20(23)15-7-9-18(10-8-15)27-13-19(22)21(16-5-3-2-4-6-16)17-11-12-28(24,25)14-17/h2-10,17H,11-14H2,1H3/t17-/m1/s1. The molecule has 0 aromatic heterocycles. The largest absolute Gasteiger partial charge is 0.484 e. The van der Waals surface area contributed by atoms with Crippen molar-refractivity contribution in [2.24, 2.45) is 0 Å². The number of ether oxygens (including phenoxy) is 2. The normalized spacial score (nSPS) is 17.7. The second-order valence-corrected chi connectivity index (χ2v) is 8.69. The smallest absolute Gasteiger partial charge is 0.337 e. The number of sulfone groups is 1. The molecule has 1 aliphatic heterocycles. The lowest BCUT2D eigenvalue weighted by Crippen LogP contribution is -2.43. The Morgan fingerprint density at radius 1 is 1.07 bits per heavy atom. The highest BCUT2D eigenvalue weighted by molar-refractivity contribution is 7.91. The molecule has 28 heavy (non-hydrogen) atoms. The summed E-state index contributed by atoms with van der Waals surface area (Å²) in [5.41, 5.74) is 1.02. The average molecular weight is 403 g/mol. The summed E-state index contributed by atoms with van der Waals surface area (Å²) in [6, 6.07) is 14.8. The molecule has 7 nitrogen and oxygen atoms in total. The Kier molecular flexibility index (Phi) is 5.99. The van der Waals surface area contributed by atoms with Gasteiger partial charge < -0.3 is 14.4 Å². The number of hydrogen-bond acceptors (Lipinski definition) is 6. The Labute approximate surface area is 163 Å². The maximum absolute atomic E-state index is 12.9. The van der Waals surface area contributed by atoms with Crippen molar-refractivity contribution in [1.29, 1.82) is 0 Å². The molecule has 1 fully saturated rings. The Morgan fingerprint density at radius 3 is 2.32 bits per heavy atom. The molecule has 3 rings (SSSR count). The van der Waals surface area contributed by atoms with Crippen molar-refractivity contribution in [3.63, 3.8) is 0 Å². The van der Waals surface area contributed by atoms with Crippen LogP contribution in [-0.2, 0) is 19.4 Å². The number of rotatable bonds is 6. The first-order valence-electron chi connectivity index (χ1n) is 8.78. The first-order chi connectivity index (χ1) is 13.4. The van der Waals surface area contributed by atoms with E-state index in [2.05, 4.69) is 4.74 Å². The van der Waals surface area contributed by atoms with Crippen LogP contribution >= 0.6 is 0 Å². The van der Waals surface area contributed by atoms with Crippen LogP contribution in [-0.4, -0.2) is 51.6 Å². The summed E-state index contributed by atoms with van der Waals surface area (Å²) < 4.78 is 34.0. The molecular formula is C20H21NO6S. The molecule has 2 aromatic carbocycles. The van der Waals surface area contributed by atoms with Crippen LogP contribution in [0.1, 0.15) is 16.8 Å². The molecule has 1 heterocycles. The molecule has 1 atom stereocenters. The molecule has 0 aliphatic carbocycles. The van der Waals surface area contributed by atoms with Crippen molar-refractivity contribution in [2.75, 3.05) is 30.1 Å². The van der Waals surface area contributed by atoms with E-state index in [0.717, 1.165) is 0 Å². The molecule has 0 radical (unpaired) electrons. The predicted molar refractivity (Wildman–Crippen MR) is 104 cm³/mol. The summed E-state index contributed by atoms with van der Waals surface area (Å²) in [5, 5.41) is 0. The first-order valence-corrected chi connectivity index (χ1v) is 10.6. The predicted octanol–water partition coefficient (Wildman–Crippen LogP) is 2.07. The molecule has 0 N–H and O–H groups in total. The minimum Gasteiger partial charge on any atom is -0.484 e. The molecule has 1 amide bonds. The number of benzene rings is 2. The molecule has 2 aromatic rings. The molecule has 1 aliphatic rings. The maximum Gasteiger partial charge on any atom is 0.337 e. The number of carbonyl (C=O) groups excluding carboxylic acids is 2. The van der Waals surface area contributed by atoms with Gasteiger partial charge in [0.15, 0.2) is 16.4 Å². The second kappa shape index (κ2) is 8.43. The van der Waals surface area contributed by atoms with Gasteiger partial charge in [0.05, 0.1) is 30.2 Å². The van der Waals surface area contributed by atoms with Crippen molar-refractivity contribution in [3.8, 4) is 5.75 Å². The van der Waals surface area contributed by atoms with Crippen LogP contribution in [0.5, 0.6) is 5.75 Å².